The van der Waals surface area contributed by atoms with Crippen molar-refractivity contribution in [3.8, 4) is 0 Å². The van der Waals surface area contributed by atoms with Crippen LogP contribution in [-0.2, 0) is 0 Å². The quantitative estimate of drug-likeness (QED) is 0.905. The molecule has 1 aromatic carbocycles. The fraction of sp³-hybridized carbons (Fsp3) is 0.286. The first kappa shape index (κ1) is 13.8. The first-order chi connectivity index (χ1) is 8.91. The second kappa shape index (κ2) is 5.15. The second-order valence-electron chi connectivity index (χ2n) is 5.08. The predicted octanol–water partition coefficient (Wildman–Crippen LogP) is 2.36. The van der Waals surface area contributed by atoms with E-state index in [4.69, 9.17) is 17.3 Å². The van der Waals surface area contributed by atoms with E-state index < -0.39 is 5.54 Å². The lowest BCUT2D eigenvalue weighted by Gasteiger charge is -2.23. The van der Waals surface area contributed by atoms with Crippen LogP contribution >= 0.6 is 11.6 Å². The molecule has 1 amide bonds. The Kier molecular flexibility index (Phi) is 3.73. The van der Waals surface area contributed by atoms with Crippen LogP contribution in [0.4, 0.5) is 0 Å². The Morgan fingerprint density at radius 3 is 2.74 bits per heavy atom. The number of halogens is 1. The number of hydrogen-bond donors (Lipinski definition) is 2. The molecule has 0 saturated carbocycles. The van der Waals surface area contributed by atoms with Crippen molar-refractivity contribution in [2.75, 3.05) is 6.54 Å². The van der Waals surface area contributed by atoms with Crippen LogP contribution in [0.1, 0.15) is 24.3 Å². The number of hydrogen-bond acceptors (Lipinski definition) is 3. The molecule has 100 valence electrons. The zero-order valence-corrected chi connectivity index (χ0v) is 11.7. The highest BCUT2D eigenvalue weighted by molar-refractivity contribution is 6.31. The number of aromatic nitrogens is 1. The predicted molar refractivity (Wildman–Crippen MR) is 77.4 cm³/mol. The van der Waals surface area contributed by atoms with Crippen molar-refractivity contribution in [1.82, 2.24) is 10.3 Å². The SMILES string of the molecule is CC(C)(CN)NC(=O)c1ccc2ccc(Cl)cc2n1. The van der Waals surface area contributed by atoms with Crippen LogP contribution in [0.15, 0.2) is 30.3 Å². The molecule has 1 heterocycles. The van der Waals surface area contributed by atoms with Gasteiger partial charge in [0.25, 0.3) is 5.91 Å². The van der Waals surface area contributed by atoms with E-state index in [0.29, 0.717) is 22.8 Å². The van der Waals surface area contributed by atoms with Crippen molar-refractivity contribution in [2.45, 2.75) is 19.4 Å². The molecule has 19 heavy (non-hydrogen) atoms. The number of amides is 1. The lowest BCUT2D eigenvalue weighted by Crippen LogP contribution is -2.49. The van der Waals surface area contributed by atoms with Gasteiger partial charge >= 0.3 is 0 Å². The number of nitrogens with two attached hydrogens (primary N) is 1. The summed E-state index contributed by atoms with van der Waals surface area (Å²) in [7, 11) is 0. The van der Waals surface area contributed by atoms with Crippen molar-refractivity contribution in [3.05, 3.63) is 41.0 Å². The molecule has 2 aromatic rings. The number of nitrogens with one attached hydrogen (secondary N) is 1. The highest BCUT2D eigenvalue weighted by Gasteiger charge is 2.20. The summed E-state index contributed by atoms with van der Waals surface area (Å²) in [6, 6.07) is 8.95. The third-order valence-corrected chi connectivity index (χ3v) is 3.08. The third-order valence-electron chi connectivity index (χ3n) is 2.85. The van der Waals surface area contributed by atoms with E-state index in [1.807, 2.05) is 26.0 Å². The second-order valence-corrected chi connectivity index (χ2v) is 5.51. The van der Waals surface area contributed by atoms with Crippen molar-refractivity contribution >= 4 is 28.4 Å². The van der Waals surface area contributed by atoms with Gasteiger partial charge in [-0.05, 0) is 32.0 Å². The van der Waals surface area contributed by atoms with Crippen LogP contribution in [0.2, 0.25) is 5.02 Å². The highest BCUT2D eigenvalue weighted by Crippen LogP contribution is 2.18. The van der Waals surface area contributed by atoms with E-state index in [-0.39, 0.29) is 5.91 Å². The molecule has 0 bridgehead atoms. The van der Waals surface area contributed by atoms with Gasteiger partial charge in [0.15, 0.2) is 0 Å². The average Bonchev–Trinajstić information content (AvgIpc) is 2.37. The van der Waals surface area contributed by atoms with Crippen LogP contribution < -0.4 is 11.1 Å². The Balaban J connectivity index is 2.33. The molecule has 1 aromatic heterocycles. The molecule has 5 heteroatoms. The molecule has 0 aliphatic carbocycles. The van der Waals surface area contributed by atoms with Gasteiger partial charge in [0.1, 0.15) is 5.69 Å². The summed E-state index contributed by atoms with van der Waals surface area (Å²) in [5.74, 6) is -0.239. The Bertz CT molecular complexity index is 625. The lowest BCUT2D eigenvalue weighted by molar-refractivity contribution is 0.0911. The van der Waals surface area contributed by atoms with Crippen LogP contribution in [0, 0.1) is 0 Å². The topological polar surface area (TPSA) is 68.0 Å². The third kappa shape index (κ3) is 3.22. The Morgan fingerprint density at radius 1 is 1.37 bits per heavy atom. The molecule has 2 rings (SSSR count). The van der Waals surface area contributed by atoms with Gasteiger partial charge in [-0.1, -0.05) is 23.7 Å². The summed E-state index contributed by atoms with van der Waals surface area (Å²) in [6.07, 6.45) is 0. The lowest BCUT2D eigenvalue weighted by atomic mass is 10.1. The number of carbonyl (C=O) groups excluding carboxylic acids is 1. The first-order valence-electron chi connectivity index (χ1n) is 6.00. The average molecular weight is 278 g/mol. The van der Waals surface area contributed by atoms with Crippen LogP contribution in [0.3, 0.4) is 0 Å². The molecule has 0 radical (unpaired) electrons. The summed E-state index contributed by atoms with van der Waals surface area (Å²) >= 11 is 5.92. The monoisotopic (exact) mass is 277 g/mol. The Hall–Kier alpha value is -1.65. The van der Waals surface area contributed by atoms with Crippen molar-refractivity contribution in [3.63, 3.8) is 0 Å². The molecular formula is C14H16ClN3O. The minimum absolute atomic E-state index is 0.239. The molecule has 0 saturated heterocycles. The van der Waals surface area contributed by atoms with E-state index in [1.165, 1.54) is 0 Å². The molecule has 0 unspecified atom stereocenters. The van der Waals surface area contributed by atoms with Gasteiger partial charge in [-0.3, -0.25) is 4.79 Å². The molecule has 0 atom stereocenters. The van der Waals surface area contributed by atoms with Crippen molar-refractivity contribution in [2.24, 2.45) is 5.73 Å². The maximum Gasteiger partial charge on any atom is 0.270 e. The number of benzene rings is 1. The van der Waals surface area contributed by atoms with Gasteiger partial charge in [0.05, 0.1) is 5.52 Å². The van der Waals surface area contributed by atoms with E-state index in [9.17, 15) is 4.79 Å². The van der Waals surface area contributed by atoms with E-state index in [1.54, 1.807) is 18.2 Å². The van der Waals surface area contributed by atoms with E-state index >= 15 is 0 Å². The summed E-state index contributed by atoms with van der Waals surface area (Å²) < 4.78 is 0. The molecule has 0 spiro atoms. The van der Waals surface area contributed by atoms with Gasteiger partial charge in [-0.25, -0.2) is 4.98 Å². The molecule has 0 fully saturated rings. The standard InChI is InChI=1S/C14H16ClN3O/c1-14(2,8-16)18-13(19)11-6-4-9-3-5-10(15)7-12(9)17-11/h3-7H,8,16H2,1-2H3,(H,18,19). The Morgan fingerprint density at radius 2 is 2.05 bits per heavy atom. The number of pyridine rings is 1. The smallest absolute Gasteiger partial charge is 0.270 e. The number of fused-ring (bicyclic) bond motifs is 1. The van der Waals surface area contributed by atoms with Crippen LogP contribution in [0.5, 0.6) is 0 Å². The Labute approximate surface area is 117 Å². The highest BCUT2D eigenvalue weighted by atomic mass is 35.5. The minimum atomic E-state index is -0.456. The maximum atomic E-state index is 12.1. The van der Waals surface area contributed by atoms with Gasteiger partial charge in [0, 0.05) is 22.5 Å². The fourth-order valence-electron chi connectivity index (χ4n) is 1.64. The molecular weight excluding hydrogens is 262 g/mol. The minimum Gasteiger partial charge on any atom is -0.345 e. The van der Waals surface area contributed by atoms with Gasteiger partial charge in [0.2, 0.25) is 0 Å². The summed E-state index contributed by atoms with van der Waals surface area (Å²) in [4.78, 5) is 16.4. The normalized spacial score (nSPS) is 11.6. The summed E-state index contributed by atoms with van der Waals surface area (Å²) in [5.41, 5.74) is 6.19. The number of nitrogens with zero attached hydrogens (tertiary/aromatic N) is 1. The zero-order chi connectivity index (χ0) is 14.0. The zero-order valence-electron chi connectivity index (χ0n) is 10.9. The molecule has 0 aliphatic heterocycles. The van der Waals surface area contributed by atoms with Gasteiger partial charge in [-0.2, -0.15) is 0 Å². The van der Waals surface area contributed by atoms with Crippen molar-refractivity contribution < 1.29 is 4.79 Å². The molecule has 3 N–H and O–H groups in total. The van der Waals surface area contributed by atoms with Gasteiger partial charge in [-0.15, -0.1) is 0 Å². The van der Waals surface area contributed by atoms with Gasteiger partial charge < -0.3 is 11.1 Å². The fourth-order valence-corrected chi connectivity index (χ4v) is 1.81. The maximum absolute atomic E-state index is 12.1. The number of rotatable bonds is 3. The molecule has 0 aliphatic rings. The largest absolute Gasteiger partial charge is 0.345 e. The summed E-state index contributed by atoms with van der Waals surface area (Å²) in [6.45, 7) is 4.09. The van der Waals surface area contributed by atoms with Crippen LogP contribution in [0.25, 0.3) is 10.9 Å². The summed E-state index contributed by atoms with van der Waals surface area (Å²) in [5, 5.41) is 4.38. The van der Waals surface area contributed by atoms with E-state index in [2.05, 4.69) is 10.3 Å². The van der Waals surface area contributed by atoms with Crippen LogP contribution in [-0.4, -0.2) is 23.0 Å². The first-order valence-corrected chi connectivity index (χ1v) is 6.38. The van der Waals surface area contributed by atoms with Crippen molar-refractivity contribution in [1.29, 1.82) is 0 Å². The number of carbonyl (C=O) groups is 1. The molecule has 4 nitrogen and oxygen atoms in total. The van der Waals surface area contributed by atoms with E-state index in [0.717, 1.165) is 5.39 Å².